The summed E-state index contributed by atoms with van der Waals surface area (Å²) < 4.78 is 0. The maximum Gasteiger partial charge on any atom is 0.236 e. The van der Waals surface area contributed by atoms with Gasteiger partial charge in [-0.2, -0.15) is 5.10 Å². The van der Waals surface area contributed by atoms with Gasteiger partial charge < -0.3 is 0 Å². The van der Waals surface area contributed by atoms with Gasteiger partial charge in [0.25, 0.3) is 0 Å². The maximum atomic E-state index is 10.6. The predicted octanol–water partition coefficient (Wildman–Crippen LogP) is 2.20. The van der Waals surface area contributed by atoms with E-state index in [0.717, 1.165) is 5.56 Å². The lowest BCUT2D eigenvalue weighted by Crippen LogP contribution is -2.15. The highest BCUT2D eigenvalue weighted by Gasteiger charge is 2.01. The smallest absolute Gasteiger partial charge is 0.236 e. The summed E-state index contributed by atoms with van der Waals surface area (Å²) in [6.07, 6.45) is 0. The first-order valence-electron chi connectivity index (χ1n) is 4.17. The van der Waals surface area contributed by atoms with E-state index in [1.807, 2.05) is 18.2 Å². The Morgan fingerprint density at radius 1 is 1.36 bits per heavy atom. The molecule has 0 atom stereocenters. The zero-order valence-electron chi connectivity index (χ0n) is 8.04. The molecule has 3 nitrogen and oxygen atoms in total. The van der Waals surface area contributed by atoms with Crippen LogP contribution in [0.1, 0.15) is 19.4 Å². The molecule has 0 radical (unpaired) electrons. The average molecular weight is 211 g/mol. The lowest BCUT2D eigenvalue weighted by Gasteiger charge is -2.02. The fourth-order valence-electron chi connectivity index (χ4n) is 0.977. The van der Waals surface area contributed by atoms with Gasteiger partial charge in [-0.15, -0.1) is 0 Å². The molecular formula is C10H11ClN2O. The zero-order chi connectivity index (χ0) is 10.6. The minimum Gasteiger partial charge on any atom is -0.274 e. The Morgan fingerprint density at radius 2 is 2.00 bits per heavy atom. The summed E-state index contributed by atoms with van der Waals surface area (Å²) in [5.41, 5.74) is 3.87. The number of benzene rings is 1. The first-order chi connectivity index (χ1) is 6.61. The lowest BCUT2D eigenvalue weighted by molar-refractivity contribution is -0.118. The van der Waals surface area contributed by atoms with E-state index >= 15 is 0 Å². The molecule has 0 spiro atoms. The Hall–Kier alpha value is -1.35. The summed E-state index contributed by atoms with van der Waals surface area (Å²) in [6, 6.07) is 7.35. The number of amides is 1. The Morgan fingerprint density at radius 3 is 2.57 bits per heavy atom. The third-order valence-electron chi connectivity index (χ3n) is 1.64. The first kappa shape index (κ1) is 10.7. The number of carbonyl (C=O) groups is 1. The molecule has 0 aliphatic heterocycles. The number of nitrogens with zero attached hydrogens (tertiary/aromatic N) is 1. The van der Waals surface area contributed by atoms with Crippen LogP contribution in [0.3, 0.4) is 0 Å². The van der Waals surface area contributed by atoms with Crippen molar-refractivity contribution in [3.8, 4) is 0 Å². The van der Waals surface area contributed by atoms with Gasteiger partial charge in [0.1, 0.15) is 0 Å². The van der Waals surface area contributed by atoms with Gasteiger partial charge in [0.15, 0.2) is 0 Å². The van der Waals surface area contributed by atoms with E-state index in [1.54, 1.807) is 13.0 Å². The quantitative estimate of drug-likeness (QED) is 0.590. The van der Waals surface area contributed by atoms with Crippen LogP contribution in [-0.4, -0.2) is 11.6 Å². The summed E-state index contributed by atoms with van der Waals surface area (Å²) >= 11 is 5.94. The second kappa shape index (κ2) is 4.77. The second-order valence-corrected chi connectivity index (χ2v) is 3.25. The average Bonchev–Trinajstić information content (AvgIpc) is 2.15. The number of nitrogens with one attached hydrogen (secondary N) is 1. The molecule has 0 heterocycles. The monoisotopic (exact) mass is 210 g/mol. The van der Waals surface area contributed by atoms with Crippen molar-refractivity contribution in [2.75, 3.05) is 0 Å². The Kier molecular flexibility index (Phi) is 3.65. The van der Waals surface area contributed by atoms with Crippen molar-refractivity contribution in [3.05, 3.63) is 34.9 Å². The number of hydrogen-bond acceptors (Lipinski definition) is 2. The van der Waals surface area contributed by atoms with Crippen LogP contribution in [0.25, 0.3) is 0 Å². The summed E-state index contributed by atoms with van der Waals surface area (Å²) in [7, 11) is 0. The molecule has 0 aliphatic carbocycles. The Balaban J connectivity index is 2.89. The highest BCUT2D eigenvalue weighted by molar-refractivity contribution is 6.34. The van der Waals surface area contributed by atoms with E-state index in [2.05, 4.69) is 10.5 Å². The first-order valence-corrected chi connectivity index (χ1v) is 4.55. The number of rotatable bonds is 2. The third kappa shape index (κ3) is 2.85. The van der Waals surface area contributed by atoms with Crippen LogP contribution < -0.4 is 5.43 Å². The van der Waals surface area contributed by atoms with Crippen LogP contribution in [0.15, 0.2) is 29.4 Å². The predicted molar refractivity (Wildman–Crippen MR) is 57.5 cm³/mol. The van der Waals surface area contributed by atoms with Gasteiger partial charge >= 0.3 is 0 Å². The van der Waals surface area contributed by atoms with Crippen LogP contribution in [0.4, 0.5) is 0 Å². The number of halogens is 1. The molecule has 0 unspecified atom stereocenters. The van der Waals surface area contributed by atoms with Crippen LogP contribution in [0, 0.1) is 0 Å². The molecule has 0 aromatic heterocycles. The van der Waals surface area contributed by atoms with Crippen molar-refractivity contribution in [3.63, 3.8) is 0 Å². The molecule has 4 heteroatoms. The number of carbonyl (C=O) groups excluding carboxylic acids is 1. The number of hydrazone groups is 1. The summed E-state index contributed by atoms with van der Waals surface area (Å²) in [6.45, 7) is 3.19. The van der Waals surface area contributed by atoms with Crippen molar-refractivity contribution >= 4 is 23.2 Å². The van der Waals surface area contributed by atoms with Crippen molar-refractivity contribution in [1.29, 1.82) is 0 Å². The van der Waals surface area contributed by atoms with E-state index in [1.165, 1.54) is 6.92 Å². The van der Waals surface area contributed by atoms with Crippen molar-refractivity contribution in [2.24, 2.45) is 5.10 Å². The summed E-state index contributed by atoms with van der Waals surface area (Å²) in [4.78, 5) is 10.6. The molecule has 1 rings (SSSR count). The van der Waals surface area contributed by atoms with Crippen LogP contribution in [0.5, 0.6) is 0 Å². The lowest BCUT2D eigenvalue weighted by atomic mass is 10.1. The van der Waals surface area contributed by atoms with E-state index in [9.17, 15) is 4.79 Å². The Bertz CT molecular complexity index is 374. The molecule has 1 amide bonds. The van der Waals surface area contributed by atoms with E-state index in [0.29, 0.717) is 10.7 Å². The fraction of sp³-hybridized carbons (Fsp3) is 0.200. The van der Waals surface area contributed by atoms with Crippen LogP contribution in [0.2, 0.25) is 5.02 Å². The summed E-state index contributed by atoms with van der Waals surface area (Å²) in [5, 5.41) is 4.51. The second-order valence-electron chi connectivity index (χ2n) is 2.85. The molecule has 1 aromatic rings. The van der Waals surface area contributed by atoms with E-state index in [4.69, 9.17) is 11.6 Å². The third-order valence-corrected chi connectivity index (χ3v) is 1.97. The molecule has 14 heavy (non-hydrogen) atoms. The minimum atomic E-state index is -0.198. The molecule has 0 fully saturated rings. The topological polar surface area (TPSA) is 41.5 Å². The van der Waals surface area contributed by atoms with Gasteiger partial charge in [-0.05, 0) is 13.0 Å². The highest BCUT2D eigenvalue weighted by Crippen LogP contribution is 2.15. The molecular weight excluding hydrogens is 200 g/mol. The van der Waals surface area contributed by atoms with Crippen LogP contribution in [-0.2, 0) is 4.79 Å². The Labute approximate surface area is 87.8 Å². The normalized spacial score (nSPS) is 11.2. The molecule has 0 bridgehead atoms. The highest BCUT2D eigenvalue weighted by atomic mass is 35.5. The molecule has 0 saturated heterocycles. The van der Waals surface area contributed by atoms with Gasteiger partial charge in [-0.1, -0.05) is 29.8 Å². The SMILES string of the molecule is CC(=O)N/N=C(\C)c1ccccc1Cl. The van der Waals surface area contributed by atoms with Gasteiger partial charge in [0.2, 0.25) is 5.91 Å². The fourth-order valence-corrected chi connectivity index (χ4v) is 1.25. The van der Waals surface area contributed by atoms with Gasteiger partial charge in [-0.3, -0.25) is 4.79 Å². The zero-order valence-corrected chi connectivity index (χ0v) is 8.80. The van der Waals surface area contributed by atoms with Crippen molar-refractivity contribution in [1.82, 2.24) is 5.43 Å². The van der Waals surface area contributed by atoms with Crippen molar-refractivity contribution in [2.45, 2.75) is 13.8 Å². The van der Waals surface area contributed by atoms with E-state index in [-0.39, 0.29) is 5.91 Å². The minimum absolute atomic E-state index is 0.198. The molecule has 0 aliphatic rings. The maximum absolute atomic E-state index is 10.6. The summed E-state index contributed by atoms with van der Waals surface area (Å²) in [5.74, 6) is -0.198. The molecule has 74 valence electrons. The molecule has 1 N–H and O–H groups in total. The van der Waals surface area contributed by atoms with Crippen LogP contribution >= 0.6 is 11.6 Å². The number of hydrogen-bond donors (Lipinski definition) is 1. The van der Waals surface area contributed by atoms with Gasteiger partial charge in [0, 0.05) is 17.5 Å². The van der Waals surface area contributed by atoms with Gasteiger partial charge in [0.05, 0.1) is 5.71 Å². The molecule has 1 aromatic carbocycles. The van der Waals surface area contributed by atoms with Crippen molar-refractivity contribution < 1.29 is 4.79 Å². The van der Waals surface area contributed by atoms with Gasteiger partial charge in [-0.25, -0.2) is 5.43 Å². The molecule has 0 saturated carbocycles. The standard InChI is InChI=1S/C10H11ClN2O/c1-7(12-13-8(2)14)9-5-3-4-6-10(9)11/h3-6H,1-2H3,(H,13,14)/b12-7+. The van der Waals surface area contributed by atoms with E-state index < -0.39 is 0 Å². The largest absolute Gasteiger partial charge is 0.274 e.